The number of rotatable bonds is 4. The second-order valence-corrected chi connectivity index (χ2v) is 7.12. The summed E-state index contributed by atoms with van der Waals surface area (Å²) in [5.41, 5.74) is 4.43. The quantitative estimate of drug-likeness (QED) is 0.597. The third kappa shape index (κ3) is 3.45. The molecule has 26 heavy (non-hydrogen) atoms. The maximum Gasteiger partial charge on any atom is 0.251 e. The summed E-state index contributed by atoms with van der Waals surface area (Å²) >= 11 is 1.59. The highest BCUT2D eigenvalue weighted by atomic mass is 32.1. The molecular weight excluding hydrogens is 344 g/mol. The van der Waals surface area contributed by atoms with Crippen LogP contribution in [0, 0.1) is 6.92 Å². The van der Waals surface area contributed by atoms with Gasteiger partial charge >= 0.3 is 0 Å². The van der Waals surface area contributed by atoms with Crippen LogP contribution in [0.25, 0.3) is 21.5 Å². The lowest BCUT2D eigenvalue weighted by atomic mass is 10.1. The third-order valence-corrected chi connectivity index (χ3v) is 4.94. The molecule has 0 atom stereocenters. The molecule has 3 heterocycles. The van der Waals surface area contributed by atoms with Crippen molar-refractivity contribution in [1.29, 1.82) is 0 Å². The number of aromatic nitrogens is 3. The Labute approximate surface area is 154 Å². The molecule has 0 saturated carbocycles. The Morgan fingerprint density at radius 3 is 2.77 bits per heavy atom. The minimum Gasteiger partial charge on any atom is -0.348 e. The summed E-state index contributed by atoms with van der Waals surface area (Å²) < 4.78 is 1.03. The number of nitrogens with one attached hydrogen (secondary N) is 1. The van der Waals surface area contributed by atoms with Gasteiger partial charge in [0, 0.05) is 36.3 Å². The number of nitrogens with zero attached hydrogens (tertiary/aromatic N) is 3. The standard InChI is InChI=1S/C20H16N4OS/c1-13-24-17-3-2-16(11-19(17)26-13)20(25)23-12-14-4-9-22-18(10-14)15-5-7-21-8-6-15/h2-11H,12H2,1H3,(H,23,25). The highest BCUT2D eigenvalue weighted by molar-refractivity contribution is 7.18. The zero-order valence-corrected chi connectivity index (χ0v) is 15.0. The van der Waals surface area contributed by atoms with Gasteiger partial charge in [-0.1, -0.05) is 0 Å². The zero-order valence-electron chi connectivity index (χ0n) is 14.1. The number of benzene rings is 1. The van der Waals surface area contributed by atoms with Crippen LogP contribution < -0.4 is 5.32 Å². The van der Waals surface area contributed by atoms with Crippen LogP contribution in [0.5, 0.6) is 0 Å². The molecule has 1 N–H and O–H groups in total. The molecule has 0 spiro atoms. The topological polar surface area (TPSA) is 67.8 Å². The Morgan fingerprint density at radius 1 is 1.08 bits per heavy atom. The largest absolute Gasteiger partial charge is 0.348 e. The van der Waals surface area contributed by atoms with Gasteiger partial charge in [-0.3, -0.25) is 14.8 Å². The van der Waals surface area contributed by atoms with E-state index in [0.29, 0.717) is 12.1 Å². The van der Waals surface area contributed by atoms with E-state index < -0.39 is 0 Å². The van der Waals surface area contributed by atoms with E-state index in [4.69, 9.17) is 0 Å². The van der Waals surface area contributed by atoms with Crippen LogP contribution >= 0.6 is 11.3 Å². The lowest BCUT2D eigenvalue weighted by molar-refractivity contribution is 0.0951. The van der Waals surface area contributed by atoms with Crippen molar-refractivity contribution in [3.63, 3.8) is 0 Å². The van der Waals surface area contributed by atoms with Crippen molar-refractivity contribution in [2.75, 3.05) is 0 Å². The number of hydrogen-bond acceptors (Lipinski definition) is 5. The van der Waals surface area contributed by atoms with Crippen LogP contribution in [-0.4, -0.2) is 20.9 Å². The van der Waals surface area contributed by atoms with E-state index in [-0.39, 0.29) is 5.91 Å². The van der Waals surface area contributed by atoms with E-state index in [0.717, 1.165) is 32.0 Å². The first-order valence-electron chi connectivity index (χ1n) is 8.20. The highest BCUT2D eigenvalue weighted by Crippen LogP contribution is 2.22. The molecule has 4 rings (SSSR count). The van der Waals surface area contributed by atoms with Crippen molar-refractivity contribution >= 4 is 27.5 Å². The number of hydrogen-bond donors (Lipinski definition) is 1. The summed E-state index contributed by atoms with van der Waals surface area (Å²) in [5.74, 6) is -0.0970. The van der Waals surface area contributed by atoms with Crippen LogP contribution in [0.2, 0.25) is 0 Å². The normalized spacial score (nSPS) is 10.8. The van der Waals surface area contributed by atoms with E-state index in [1.54, 1.807) is 29.9 Å². The summed E-state index contributed by atoms with van der Waals surface area (Å²) in [6, 6.07) is 13.3. The van der Waals surface area contributed by atoms with E-state index >= 15 is 0 Å². The lowest BCUT2D eigenvalue weighted by Crippen LogP contribution is -2.22. The lowest BCUT2D eigenvalue weighted by Gasteiger charge is -2.07. The molecule has 3 aromatic heterocycles. The summed E-state index contributed by atoms with van der Waals surface area (Å²) in [6.07, 6.45) is 5.23. The van der Waals surface area contributed by atoms with Crippen LogP contribution in [0.15, 0.2) is 61.1 Å². The summed E-state index contributed by atoms with van der Waals surface area (Å²) in [7, 11) is 0. The number of aryl methyl sites for hydroxylation is 1. The van der Waals surface area contributed by atoms with Gasteiger partial charge in [-0.05, 0) is 55.0 Å². The molecule has 1 amide bonds. The van der Waals surface area contributed by atoms with Crippen molar-refractivity contribution < 1.29 is 4.79 Å². The minimum absolute atomic E-state index is 0.0970. The molecule has 4 aromatic rings. The Kier molecular flexibility index (Phi) is 4.41. The molecule has 0 radical (unpaired) electrons. The molecule has 128 valence electrons. The Bertz CT molecular complexity index is 1080. The number of pyridine rings is 2. The number of amides is 1. The van der Waals surface area contributed by atoms with Gasteiger partial charge < -0.3 is 5.32 Å². The van der Waals surface area contributed by atoms with E-state index in [1.165, 1.54) is 0 Å². The molecule has 0 bridgehead atoms. The number of fused-ring (bicyclic) bond motifs is 1. The van der Waals surface area contributed by atoms with Gasteiger partial charge in [0.05, 0.1) is 20.9 Å². The fraction of sp³-hybridized carbons (Fsp3) is 0.100. The monoisotopic (exact) mass is 360 g/mol. The SMILES string of the molecule is Cc1nc2ccc(C(=O)NCc3ccnc(-c4ccncc4)c3)cc2s1. The second-order valence-electron chi connectivity index (χ2n) is 5.88. The van der Waals surface area contributed by atoms with E-state index in [9.17, 15) is 4.79 Å². The molecule has 6 heteroatoms. The van der Waals surface area contributed by atoms with Crippen molar-refractivity contribution in [1.82, 2.24) is 20.3 Å². The first-order chi connectivity index (χ1) is 12.7. The van der Waals surface area contributed by atoms with Crippen molar-refractivity contribution in [3.05, 3.63) is 77.2 Å². The molecule has 1 aromatic carbocycles. The third-order valence-electron chi connectivity index (χ3n) is 4.01. The first kappa shape index (κ1) is 16.4. The second kappa shape index (κ2) is 7.01. The van der Waals surface area contributed by atoms with Gasteiger partial charge in [-0.2, -0.15) is 0 Å². The van der Waals surface area contributed by atoms with Gasteiger partial charge in [0.25, 0.3) is 5.91 Å². The van der Waals surface area contributed by atoms with Crippen molar-refractivity contribution in [2.24, 2.45) is 0 Å². The van der Waals surface area contributed by atoms with Gasteiger partial charge in [0.1, 0.15) is 0 Å². The number of thiazole rings is 1. The van der Waals surface area contributed by atoms with Crippen LogP contribution in [0.4, 0.5) is 0 Å². The first-order valence-corrected chi connectivity index (χ1v) is 9.01. The fourth-order valence-electron chi connectivity index (χ4n) is 2.73. The molecule has 0 fully saturated rings. The van der Waals surface area contributed by atoms with Gasteiger partial charge in [-0.15, -0.1) is 11.3 Å². The van der Waals surface area contributed by atoms with E-state index in [1.807, 2.05) is 49.4 Å². The van der Waals surface area contributed by atoms with Crippen LogP contribution in [0.3, 0.4) is 0 Å². The number of carbonyl (C=O) groups is 1. The van der Waals surface area contributed by atoms with Crippen LogP contribution in [-0.2, 0) is 6.54 Å². The van der Waals surface area contributed by atoms with Gasteiger partial charge in [0.2, 0.25) is 0 Å². The van der Waals surface area contributed by atoms with Gasteiger partial charge in [-0.25, -0.2) is 4.98 Å². The zero-order chi connectivity index (χ0) is 17.9. The predicted molar refractivity (Wildman–Crippen MR) is 103 cm³/mol. The molecule has 0 saturated heterocycles. The molecule has 0 unspecified atom stereocenters. The maximum absolute atomic E-state index is 12.5. The molecule has 5 nitrogen and oxygen atoms in total. The van der Waals surface area contributed by atoms with Gasteiger partial charge in [0.15, 0.2) is 0 Å². The van der Waals surface area contributed by atoms with Crippen molar-refractivity contribution in [2.45, 2.75) is 13.5 Å². The van der Waals surface area contributed by atoms with Crippen LogP contribution in [0.1, 0.15) is 20.9 Å². The smallest absolute Gasteiger partial charge is 0.251 e. The number of carbonyl (C=O) groups excluding carboxylic acids is 1. The fourth-order valence-corrected chi connectivity index (χ4v) is 3.60. The van der Waals surface area contributed by atoms with E-state index in [2.05, 4.69) is 20.3 Å². The molecule has 0 aliphatic heterocycles. The van der Waals surface area contributed by atoms with Crippen molar-refractivity contribution in [3.8, 4) is 11.3 Å². The molecular formula is C20H16N4OS. The Morgan fingerprint density at radius 2 is 1.92 bits per heavy atom. The predicted octanol–water partition coefficient (Wildman–Crippen LogP) is 3.99. The summed E-state index contributed by atoms with van der Waals surface area (Å²) in [6.45, 7) is 2.41. The molecule has 0 aliphatic rings. The summed E-state index contributed by atoms with van der Waals surface area (Å²) in [5, 5.41) is 3.97. The average molecular weight is 360 g/mol. The average Bonchev–Trinajstić information content (AvgIpc) is 3.06. The Balaban J connectivity index is 1.48. The Hall–Kier alpha value is -3.12. The minimum atomic E-state index is -0.0970. The highest BCUT2D eigenvalue weighted by Gasteiger charge is 2.09. The maximum atomic E-state index is 12.5. The molecule has 0 aliphatic carbocycles. The summed E-state index contributed by atoms with van der Waals surface area (Å²) in [4.78, 5) is 25.3.